The van der Waals surface area contributed by atoms with Crippen LogP contribution in [0.1, 0.15) is 58.1 Å². The number of fused-ring (bicyclic) bond motifs is 6. The first-order valence-corrected chi connectivity index (χ1v) is 26.3. The molecule has 12 rings (SSSR count). The lowest BCUT2D eigenvalue weighted by atomic mass is 9.94. The molecule has 0 saturated carbocycles. The molecule has 0 N–H and O–H groups in total. The summed E-state index contributed by atoms with van der Waals surface area (Å²) in [5, 5.41) is 3.58. The van der Waals surface area contributed by atoms with Gasteiger partial charge in [0.1, 0.15) is 0 Å². The highest BCUT2D eigenvalue weighted by atomic mass is 15.0. The van der Waals surface area contributed by atoms with E-state index in [1.165, 1.54) is 49.7 Å². The molecule has 0 saturated heterocycles. The number of para-hydroxylation sites is 1. The summed E-state index contributed by atoms with van der Waals surface area (Å²) in [4.78, 5) is 15.3. The van der Waals surface area contributed by atoms with Crippen molar-refractivity contribution in [1.29, 1.82) is 0 Å². The van der Waals surface area contributed by atoms with Gasteiger partial charge in [-0.2, -0.15) is 0 Å². The van der Waals surface area contributed by atoms with E-state index in [2.05, 4.69) is 216 Å². The van der Waals surface area contributed by atoms with Gasteiger partial charge in [-0.15, -0.1) is 6.58 Å². The van der Waals surface area contributed by atoms with E-state index >= 15 is 0 Å². The molecule has 0 amide bonds. The zero-order valence-electron chi connectivity index (χ0n) is 43.5. The number of rotatable bonds is 11. The molecule has 75 heavy (non-hydrogen) atoms. The van der Waals surface area contributed by atoms with E-state index < -0.39 is 0 Å². The van der Waals surface area contributed by atoms with Crippen molar-refractivity contribution in [1.82, 2.24) is 24.1 Å². The first kappa shape index (κ1) is 49.4. The minimum absolute atomic E-state index is 0.602. The van der Waals surface area contributed by atoms with Crippen molar-refractivity contribution in [3.05, 3.63) is 260 Å². The second kappa shape index (κ2) is 22.7. The number of aromatic nitrogens is 5. The maximum Gasteiger partial charge on any atom is 0.164 e. The van der Waals surface area contributed by atoms with Crippen LogP contribution in [0.3, 0.4) is 0 Å². The van der Waals surface area contributed by atoms with E-state index in [0.29, 0.717) is 17.5 Å². The number of allylic oxidation sites excluding steroid dienone is 8. The Bertz CT molecular complexity index is 3930. The van der Waals surface area contributed by atoms with Crippen LogP contribution in [0.4, 0.5) is 0 Å². The Morgan fingerprint density at radius 1 is 0.507 bits per heavy atom. The Hall–Kier alpha value is -9.19. The molecule has 3 heterocycles. The third kappa shape index (κ3) is 9.77. The lowest BCUT2D eigenvalue weighted by molar-refractivity contribution is 1.00. The van der Waals surface area contributed by atoms with E-state index in [0.717, 1.165) is 68.5 Å². The van der Waals surface area contributed by atoms with Crippen LogP contribution in [-0.4, -0.2) is 24.1 Å². The Morgan fingerprint density at radius 2 is 1.08 bits per heavy atom. The Morgan fingerprint density at radius 3 is 1.75 bits per heavy atom. The van der Waals surface area contributed by atoms with Crippen molar-refractivity contribution >= 4 is 44.4 Å². The first-order chi connectivity index (χ1) is 37.1. The molecular formula is C70H61N5. The van der Waals surface area contributed by atoms with Gasteiger partial charge in [0.05, 0.1) is 16.6 Å². The molecule has 0 unspecified atom stereocenters. The molecule has 11 aromatic rings. The van der Waals surface area contributed by atoms with Crippen LogP contribution in [-0.2, 0) is 6.42 Å². The molecule has 0 spiro atoms. The standard InChI is InChI=1S/C66H49N5.2C2H6/c1-3-5-11-23-45(4-2)64-67-65(48-28-16-8-17-29-48)69-66(68-64)51-30-22-33-54(40-51)71-62-39-37-50(49-36-38-61-57(41-49)55-34-20-10-21-35-60(55)70(61)53-31-18-9-19-32-53)42-58(62)59-44-52(46-24-12-6-13-25-46)43-56(63(59)71)47-26-14-7-15-27-47;2*1-2/h3-4,6-34,36-44H,1,5,35H2,2H3;2*1-2H3/b23-11-,45-4+;;. The minimum atomic E-state index is 0.602. The van der Waals surface area contributed by atoms with Gasteiger partial charge in [-0.25, -0.2) is 15.0 Å². The van der Waals surface area contributed by atoms with E-state index in [-0.39, 0.29) is 0 Å². The Labute approximate surface area is 441 Å². The Kier molecular flexibility index (Phi) is 15.0. The molecule has 0 fully saturated rings. The second-order valence-corrected chi connectivity index (χ2v) is 17.9. The summed E-state index contributed by atoms with van der Waals surface area (Å²) in [7, 11) is 0. The predicted molar refractivity (Wildman–Crippen MR) is 320 cm³/mol. The molecule has 366 valence electrons. The van der Waals surface area contributed by atoms with Crippen LogP contribution in [0.5, 0.6) is 0 Å². The summed E-state index contributed by atoms with van der Waals surface area (Å²) in [5.74, 6) is 1.84. The SMILES string of the molecule is C=CC/C=C\C(=C/C)c1nc(-c2ccccc2)nc(-c2cccc(-n3c4ccc(-c5ccc6c(c5)c5c(n6-c6ccccc6)CC=CC=C5)cc4c4cc(-c5ccccc5)cc(-c5ccccc5)c43)c2)n1.CC.CC. The fourth-order valence-electron chi connectivity index (χ4n) is 10.2. The molecule has 0 aliphatic heterocycles. The zero-order chi connectivity index (χ0) is 51.7. The van der Waals surface area contributed by atoms with Crippen LogP contribution >= 0.6 is 0 Å². The Balaban J connectivity index is 0.00000157. The second-order valence-electron chi connectivity index (χ2n) is 17.9. The summed E-state index contributed by atoms with van der Waals surface area (Å²) in [6.45, 7) is 13.9. The summed E-state index contributed by atoms with van der Waals surface area (Å²) in [6.07, 6.45) is 18.5. The van der Waals surface area contributed by atoms with Crippen molar-refractivity contribution in [2.45, 2.75) is 47.5 Å². The van der Waals surface area contributed by atoms with Crippen LogP contribution in [0, 0.1) is 0 Å². The van der Waals surface area contributed by atoms with Gasteiger partial charge in [0.15, 0.2) is 17.5 Å². The molecule has 0 bridgehead atoms. The van der Waals surface area contributed by atoms with Gasteiger partial charge in [0.2, 0.25) is 0 Å². The molecule has 5 heteroatoms. The maximum atomic E-state index is 5.17. The van der Waals surface area contributed by atoms with Gasteiger partial charge in [-0.1, -0.05) is 210 Å². The van der Waals surface area contributed by atoms with Crippen LogP contribution in [0.15, 0.2) is 243 Å². The molecule has 0 atom stereocenters. The zero-order valence-corrected chi connectivity index (χ0v) is 43.5. The van der Waals surface area contributed by atoms with Crippen LogP contribution in [0.25, 0.3) is 112 Å². The largest absolute Gasteiger partial charge is 0.313 e. The fraction of sp³-hybridized carbons (Fsp3) is 0.100. The topological polar surface area (TPSA) is 48.5 Å². The number of hydrogen-bond acceptors (Lipinski definition) is 3. The predicted octanol–water partition coefficient (Wildman–Crippen LogP) is 19.0. The fourth-order valence-corrected chi connectivity index (χ4v) is 10.2. The highest BCUT2D eigenvalue weighted by Crippen LogP contribution is 2.44. The van der Waals surface area contributed by atoms with Gasteiger partial charge in [-0.3, -0.25) is 0 Å². The van der Waals surface area contributed by atoms with E-state index in [4.69, 9.17) is 15.0 Å². The number of benzene rings is 8. The molecule has 1 aliphatic carbocycles. The van der Waals surface area contributed by atoms with Crippen molar-refractivity contribution in [3.63, 3.8) is 0 Å². The summed E-state index contributed by atoms with van der Waals surface area (Å²) in [5.41, 5.74) is 17.9. The van der Waals surface area contributed by atoms with E-state index in [9.17, 15) is 0 Å². The highest BCUT2D eigenvalue weighted by Gasteiger charge is 2.22. The van der Waals surface area contributed by atoms with Gasteiger partial charge < -0.3 is 9.13 Å². The lowest BCUT2D eigenvalue weighted by Crippen LogP contribution is -2.03. The summed E-state index contributed by atoms with van der Waals surface area (Å²) in [6, 6.07) is 69.7. The van der Waals surface area contributed by atoms with Crippen LogP contribution in [0.2, 0.25) is 0 Å². The summed E-state index contributed by atoms with van der Waals surface area (Å²) >= 11 is 0. The monoisotopic (exact) mass is 971 g/mol. The van der Waals surface area contributed by atoms with E-state index in [1.807, 2.05) is 77.1 Å². The highest BCUT2D eigenvalue weighted by molar-refractivity contribution is 6.16. The van der Waals surface area contributed by atoms with Crippen molar-refractivity contribution in [3.8, 4) is 67.5 Å². The lowest BCUT2D eigenvalue weighted by Gasteiger charge is -2.15. The van der Waals surface area contributed by atoms with Gasteiger partial charge in [-0.05, 0) is 102 Å². The normalized spacial score (nSPS) is 12.0. The first-order valence-electron chi connectivity index (χ1n) is 26.3. The van der Waals surface area contributed by atoms with Gasteiger partial charge >= 0.3 is 0 Å². The molecular weight excluding hydrogens is 911 g/mol. The van der Waals surface area contributed by atoms with Crippen molar-refractivity contribution < 1.29 is 0 Å². The minimum Gasteiger partial charge on any atom is -0.313 e. The molecule has 1 aliphatic rings. The number of hydrogen-bond donors (Lipinski definition) is 0. The average Bonchev–Trinajstić information content (AvgIpc) is 3.90. The molecule has 5 nitrogen and oxygen atoms in total. The third-order valence-corrected chi connectivity index (χ3v) is 13.5. The van der Waals surface area contributed by atoms with Gasteiger partial charge in [0, 0.05) is 67.5 Å². The summed E-state index contributed by atoms with van der Waals surface area (Å²) < 4.78 is 4.86. The number of nitrogens with zero attached hydrogens (tertiary/aromatic N) is 5. The van der Waals surface area contributed by atoms with Crippen LogP contribution < -0.4 is 0 Å². The van der Waals surface area contributed by atoms with Crippen molar-refractivity contribution in [2.24, 2.45) is 0 Å². The van der Waals surface area contributed by atoms with Gasteiger partial charge in [0.25, 0.3) is 0 Å². The average molecular weight is 972 g/mol. The third-order valence-electron chi connectivity index (χ3n) is 13.5. The quantitative estimate of drug-likeness (QED) is 0.0958. The van der Waals surface area contributed by atoms with E-state index in [1.54, 1.807) is 0 Å². The maximum absolute atomic E-state index is 5.17. The smallest absolute Gasteiger partial charge is 0.164 e. The van der Waals surface area contributed by atoms with Crippen molar-refractivity contribution in [2.75, 3.05) is 0 Å². The molecule has 8 aromatic carbocycles. The molecule has 3 aromatic heterocycles. The molecule has 0 radical (unpaired) electrons.